The van der Waals surface area contributed by atoms with Crippen LogP contribution in [0.2, 0.25) is 0 Å². The van der Waals surface area contributed by atoms with Crippen molar-refractivity contribution in [1.29, 1.82) is 0 Å². The van der Waals surface area contributed by atoms with Crippen molar-refractivity contribution in [1.82, 2.24) is 0 Å². The smallest absolute Gasteiger partial charge is 0.203 e. The van der Waals surface area contributed by atoms with Crippen LogP contribution in [0.25, 0.3) is 0 Å². The Labute approximate surface area is 107 Å². The van der Waals surface area contributed by atoms with Crippen LogP contribution in [0.4, 0.5) is 26.3 Å². The summed E-state index contributed by atoms with van der Waals surface area (Å²) in [6, 6.07) is 0. The molecule has 15 heavy (non-hydrogen) atoms. The van der Waals surface area contributed by atoms with Crippen molar-refractivity contribution < 1.29 is 26.3 Å². The number of halogens is 8. The van der Waals surface area contributed by atoms with Gasteiger partial charge in [-0.15, -0.1) is 0 Å². The third-order valence-electron chi connectivity index (χ3n) is 1.49. The van der Waals surface area contributed by atoms with Crippen molar-refractivity contribution in [3.63, 3.8) is 0 Å². The summed E-state index contributed by atoms with van der Waals surface area (Å²) in [5.41, 5.74) is -1.77. The molecule has 0 bridgehead atoms. The highest BCUT2D eigenvalue weighted by Gasteiger charge is 2.40. The van der Waals surface area contributed by atoms with Gasteiger partial charge in [0.15, 0.2) is 17.5 Å². The summed E-state index contributed by atoms with van der Waals surface area (Å²) in [6.45, 7) is 0. The fraction of sp³-hybridized carbons (Fsp3) is 0.143. The largest absolute Gasteiger partial charge is 0.420 e. The van der Waals surface area contributed by atoms with E-state index in [1.807, 2.05) is 0 Å². The summed E-state index contributed by atoms with van der Waals surface area (Å²) >= 11 is 2.31. The third kappa shape index (κ3) is 2.34. The first kappa shape index (κ1) is 13.3. The molecule has 0 aromatic heterocycles. The lowest BCUT2D eigenvalue weighted by molar-refractivity contribution is -0.141. The van der Waals surface area contributed by atoms with Crippen molar-refractivity contribution in [3.8, 4) is 0 Å². The molecule has 0 saturated carbocycles. The highest BCUT2D eigenvalue weighted by molar-refractivity contribution is 14.1. The van der Waals surface area contributed by atoms with Crippen LogP contribution in [-0.2, 0) is 6.18 Å². The topological polar surface area (TPSA) is 0 Å². The molecule has 0 heterocycles. The monoisotopic (exact) mass is 452 g/mol. The van der Waals surface area contributed by atoms with Crippen molar-refractivity contribution in [2.45, 2.75) is 6.18 Å². The molecule has 0 amide bonds. The lowest BCUT2D eigenvalue weighted by Gasteiger charge is -2.12. The molecule has 0 aliphatic rings. The maximum Gasteiger partial charge on any atom is 0.420 e. The molecule has 8 heteroatoms. The normalized spacial score (nSPS) is 12.0. The summed E-state index contributed by atoms with van der Waals surface area (Å²) in [4.78, 5) is 0. The standard InChI is InChI=1S/C7F6I2/c8-2-1(7(11,12)13)5(14)6(15)4(10)3(2)9. The van der Waals surface area contributed by atoms with Gasteiger partial charge in [0.1, 0.15) is 5.56 Å². The zero-order valence-electron chi connectivity index (χ0n) is 6.52. The molecule has 0 spiro atoms. The molecule has 0 fully saturated rings. The maximum atomic E-state index is 12.9. The molecule has 0 saturated heterocycles. The van der Waals surface area contributed by atoms with E-state index >= 15 is 0 Å². The van der Waals surface area contributed by atoms with Crippen LogP contribution in [-0.4, -0.2) is 0 Å². The van der Waals surface area contributed by atoms with Crippen LogP contribution in [0.3, 0.4) is 0 Å². The second-order valence-electron chi connectivity index (χ2n) is 2.44. The van der Waals surface area contributed by atoms with E-state index in [0.29, 0.717) is 0 Å². The molecule has 1 aromatic carbocycles. The molecule has 0 atom stereocenters. The fourth-order valence-electron chi connectivity index (χ4n) is 0.854. The molecule has 0 aliphatic carbocycles. The first-order valence-electron chi connectivity index (χ1n) is 3.26. The van der Waals surface area contributed by atoms with Gasteiger partial charge in [0.25, 0.3) is 0 Å². The first-order chi connectivity index (χ1) is 6.68. The predicted octanol–water partition coefficient (Wildman–Crippen LogP) is 4.33. The highest BCUT2D eigenvalue weighted by Crippen LogP contribution is 2.38. The van der Waals surface area contributed by atoms with E-state index in [1.165, 1.54) is 22.6 Å². The zero-order chi connectivity index (χ0) is 12.0. The summed E-state index contributed by atoms with van der Waals surface area (Å²) in [6.07, 6.45) is -5.05. The van der Waals surface area contributed by atoms with Gasteiger partial charge in [0, 0.05) is 3.57 Å². The third-order valence-corrected chi connectivity index (χ3v) is 4.62. The minimum absolute atomic E-state index is 0.584. The van der Waals surface area contributed by atoms with Crippen molar-refractivity contribution in [3.05, 3.63) is 30.2 Å². The molecule has 0 nitrogen and oxygen atoms in total. The van der Waals surface area contributed by atoms with E-state index in [0.717, 1.165) is 22.6 Å². The van der Waals surface area contributed by atoms with Gasteiger partial charge in [-0.2, -0.15) is 13.2 Å². The van der Waals surface area contributed by atoms with E-state index < -0.39 is 36.3 Å². The van der Waals surface area contributed by atoms with Crippen LogP contribution >= 0.6 is 45.2 Å². The molecule has 0 radical (unpaired) electrons. The first-order valence-corrected chi connectivity index (χ1v) is 5.42. The maximum absolute atomic E-state index is 12.9. The lowest BCUT2D eigenvalue weighted by atomic mass is 10.2. The SMILES string of the molecule is Fc1c(F)c(I)c(I)c(C(F)(F)F)c1F. The van der Waals surface area contributed by atoms with Crippen LogP contribution < -0.4 is 0 Å². The quantitative estimate of drug-likeness (QED) is 0.238. The molecule has 1 rings (SSSR count). The van der Waals surface area contributed by atoms with Gasteiger partial charge in [-0.05, 0) is 45.2 Å². The number of rotatable bonds is 0. The molecular formula is C7F6I2. The number of hydrogen-bond donors (Lipinski definition) is 0. The van der Waals surface area contributed by atoms with Gasteiger partial charge in [-0.25, -0.2) is 13.2 Å². The van der Waals surface area contributed by atoms with Gasteiger partial charge in [-0.1, -0.05) is 0 Å². The van der Waals surface area contributed by atoms with Gasteiger partial charge < -0.3 is 0 Å². The van der Waals surface area contributed by atoms with Gasteiger partial charge in [0.05, 0.1) is 3.57 Å². The average Bonchev–Trinajstić information content (AvgIpc) is 2.09. The van der Waals surface area contributed by atoms with E-state index in [9.17, 15) is 26.3 Å². The van der Waals surface area contributed by atoms with E-state index in [4.69, 9.17) is 0 Å². The van der Waals surface area contributed by atoms with Crippen LogP contribution in [0.1, 0.15) is 5.56 Å². The molecule has 0 N–H and O–H groups in total. The fourth-order valence-corrected chi connectivity index (χ4v) is 2.14. The minimum Gasteiger partial charge on any atom is -0.203 e. The van der Waals surface area contributed by atoms with Crippen molar-refractivity contribution >= 4 is 45.2 Å². The van der Waals surface area contributed by atoms with Gasteiger partial charge in [-0.3, -0.25) is 0 Å². The molecule has 1 aromatic rings. The number of hydrogen-bond acceptors (Lipinski definition) is 0. The van der Waals surface area contributed by atoms with Crippen molar-refractivity contribution in [2.75, 3.05) is 0 Å². The number of alkyl halides is 3. The summed E-state index contributed by atoms with van der Waals surface area (Å²) in [7, 11) is 0. The van der Waals surface area contributed by atoms with Crippen LogP contribution in [0.15, 0.2) is 0 Å². The summed E-state index contributed by atoms with van der Waals surface area (Å²) < 4.78 is 73.9. The van der Waals surface area contributed by atoms with E-state index in [1.54, 1.807) is 0 Å². The van der Waals surface area contributed by atoms with Gasteiger partial charge >= 0.3 is 6.18 Å². The summed E-state index contributed by atoms with van der Waals surface area (Å²) in [5, 5.41) is 0. The Morgan fingerprint density at radius 3 is 1.60 bits per heavy atom. The summed E-state index contributed by atoms with van der Waals surface area (Å²) in [5.74, 6) is -5.91. The second-order valence-corrected chi connectivity index (χ2v) is 4.60. The Morgan fingerprint density at radius 1 is 0.733 bits per heavy atom. The molecule has 0 unspecified atom stereocenters. The molecule has 84 valence electrons. The second kappa shape index (κ2) is 4.26. The lowest BCUT2D eigenvalue weighted by Crippen LogP contribution is -2.15. The zero-order valence-corrected chi connectivity index (χ0v) is 10.8. The highest BCUT2D eigenvalue weighted by atomic mass is 127. The Morgan fingerprint density at radius 2 is 1.20 bits per heavy atom. The predicted molar refractivity (Wildman–Crippen MR) is 56.8 cm³/mol. The molecular weight excluding hydrogens is 452 g/mol. The Balaban J connectivity index is 3.68. The van der Waals surface area contributed by atoms with Crippen molar-refractivity contribution in [2.24, 2.45) is 0 Å². The average molecular weight is 452 g/mol. The Bertz CT molecular complexity index is 382. The van der Waals surface area contributed by atoms with E-state index in [2.05, 4.69) is 0 Å². The van der Waals surface area contributed by atoms with E-state index in [-0.39, 0.29) is 0 Å². The Hall–Kier alpha value is 0.260. The minimum atomic E-state index is -5.05. The molecule has 0 aliphatic heterocycles. The number of benzene rings is 1. The van der Waals surface area contributed by atoms with Crippen LogP contribution in [0.5, 0.6) is 0 Å². The van der Waals surface area contributed by atoms with Gasteiger partial charge in [0.2, 0.25) is 0 Å². The Kier molecular flexibility index (Phi) is 3.78. The van der Waals surface area contributed by atoms with Crippen LogP contribution in [0, 0.1) is 24.6 Å².